The second-order valence-electron chi connectivity index (χ2n) is 7.74. The van der Waals surface area contributed by atoms with Gasteiger partial charge in [0.25, 0.3) is 0 Å². The fraction of sp³-hybridized carbons (Fsp3) is 0.810. The second-order valence-corrected chi connectivity index (χ2v) is 7.74. The molecule has 2 fully saturated rings. The smallest absolute Gasteiger partial charge is 0.199 e. The number of methoxy groups -OCH3 is 1. The van der Waals surface area contributed by atoms with Crippen molar-refractivity contribution >= 4 is 0 Å². The van der Waals surface area contributed by atoms with Crippen molar-refractivity contribution in [2.45, 2.75) is 71.8 Å². The lowest BCUT2D eigenvalue weighted by Gasteiger charge is -2.37. The van der Waals surface area contributed by atoms with Crippen LogP contribution in [0.15, 0.2) is 23.2 Å². The Bertz CT molecular complexity index is 499. The van der Waals surface area contributed by atoms with Crippen molar-refractivity contribution < 1.29 is 23.0 Å². The number of ether oxygens (including phenoxy) is 3. The summed E-state index contributed by atoms with van der Waals surface area (Å²) in [6.07, 6.45) is 8.57. The van der Waals surface area contributed by atoms with Crippen LogP contribution in [0.4, 0.5) is 8.78 Å². The van der Waals surface area contributed by atoms with Gasteiger partial charge >= 0.3 is 0 Å². The maximum atomic E-state index is 14.0. The molecule has 5 heteroatoms. The Hall–Kier alpha value is -1.10. The van der Waals surface area contributed by atoms with Crippen molar-refractivity contribution in [2.24, 2.45) is 17.8 Å². The summed E-state index contributed by atoms with van der Waals surface area (Å²) in [4.78, 5) is 0. The fourth-order valence-electron chi connectivity index (χ4n) is 4.05. The molecule has 1 aliphatic heterocycles. The monoisotopic (exact) mass is 372 g/mol. The number of halogens is 2. The van der Waals surface area contributed by atoms with Gasteiger partial charge in [-0.2, -0.15) is 8.78 Å². The largest absolute Gasteiger partial charge is 0.498 e. The molecule has 0 N–H and O–H groups in total. The van der Waals surface area contributed by atoms with E-state index >= 15 is 0 Å². The van der Waals surface area contributed by atoms with Gasteiger partial charge in [0.1, 0.15) is 11.5 Å². The highest BCUT2D eigenvalue weighted by atomic mass is 19.2. The zero-order valence-corrected chi connectivity index (χ0v) is 16.7. The first-order valence-corrected chi connectivity index (χ1v) is 9.97. The van der Waals surface area contributed by atoms with Crippen LogP contribution in [0.25, 0.3) is 0 Å². The zero-order valence-electron chi connectivity index (χ0n) is 16.7. The van der Waals surface area contributed by atoms with E-state index < -0.39 is 11.7 Å². The lowest BCUT2D eigenvalue weighted by Crippen LogP contribution is -2.32. The van der Waals surface area contributed by atoms with E-state index in [1.807, 2.05) is 0 Å². The number of rotatable bonds is 7. The van der Waals surface area contributed by atoms with E-state index in [0.29, 0.717) is 24.5 Å². The summed E-state index contributed by atoms with van der Waals surface area (Å²) in [5, 5.41) is 0. The predicted octanol–water partition coefficient (Wildman–Crippen LogP) is 6.06. The summed E-state index contributed by atoms with van der Waals surface area (Å²) in [5.74, 6) is -0.202. The Morgan fingerprint density at radius 1 is 0.923 bits per heavy atom. The third-order valence-electron chi connectivity index (χ3n) is 6.07. The molecule has 1 heterocycles. The first kappa shape index (κ1) is 21.2. The van der Waals surface area contributed by atoms with E-state index in [4.69, 9.17) is 14.2 Å². The average molecular weight is 372 g/mol. The minimum absolute atomic E-state index is 0.00712. The topological polar surface area (TPSA) is 27.7 Å². The van der Waals surface area contributed by atoms with Crippen molar-refractivity contribution in [1.29, 1.82) is 0 Å². The van der Waals surface area contributed by atoms with Gasteiger partial charge in [0, 0.05) is 0 Å². The molecule has 2 rings (SSSR count). The first-order chi connectivity index (χ1) is 12.5. The zero-order chi connectivity index (χ0) is 19.1. The van der Waals surface area contributed by atoms with Gasteiger partial charge in [0.15, 0.2) is 11.7 Å². The highest BCUT2D eigenvalue weighted by Crippen LogP contribution is 2.38. The maximum absolute atomic E-state index is 14.0. The highest BCUT2D eigenvalue weighted by molar-refractivity contribution is 5.23. The quantitative estimate of drug-likeness (QED) is 0.401. The molecule has 2 unspecified atom stereocenters. The summed E-state index contributed by atoms with van der Waals surface area (Å²) < 4.78 is 43.9. The fourth-order valence-corrected chi connectivity index (χ4v) is 4.05. The van der Waals surface area contributed by atoms with Gasteiger partial charge in [-0.15, -0.1) is 0 Å². The summed E-state index contributed by atoms with van der Waals surface area (Å²) in [5.41, 5.74) is 0. The van der Waals surface area contributed by atoms with E-state index in [9.17, 15) is 8.78 Å². The van der Waals surface area contributed by atoms with Crippen LogP contribution >= 0.6 is 0 Å². The lowest BCUT2D eigenvalue weighted by atomic mass is 9.74. The van der Waals surface area contributed by atoms with Gasteiger partial charge in [-0.25, -0.2) is 0 Å². The molecule has 0 aromatic carbocycles. The number of hydrogen-bond donors (Lipinski definition) is 0. The van der Waals surface area contributed by atoms with Crippen LogP contribution in [-0.2, 0) is 14.2 Å². The third-order valence-corrected chi connectivity index (χ3v) is 6.07. The normalized spacial score (nSPS) is 31.8. The molecule has 2 aliphatic rings. The van der Waals surface area contributed by atoms with Crippen molar-refractivity contribution in [2.75, 3.05) is 20.3 Å². The molecular formula is C21H34F2O3. The van der Waals surface area contributed by atoms with Crippen molar-refractivity contribution in [3.63, 3.8) is 0 Å². The Balaban J connectivity index is 1.75. The van der Waals surface area contributed by atoms with Crippen molar-refractivity contribution in [3.05, 3.63) is 23.2 Å². The molecule has 0 amide bonds. The molecule has 1 saturated carbocycles. The van der Waals surface area contributed by atoms with Gasteiger partial charge in [-0.05, 0) is 76.5 Å². The van der Waals surface area contributed by atoms with Gasteiger partial charge < -0.3 is 14.2 Å². The summed E-state index contributed by atoms with van der Waals surface area (Å²) >= 11 is 0. The van der Waals surface area contributed by atoms with Crippen LogP contribution in [0.3, 0.4) is 0 Å². The second kappa shape index (κ2) is 10.3. The molecule has 2 atom stereocenters. The maximum Gasteiger partial charge on any atom is 0.199 e. The molecule has 0 aromatic rings. The number of hydrogen-bond acceptors (Lipinski definition) is 3. The van der Waals surface area contributed by atoms with Gasteiger partial charge in [-0.3, -0.25) is 0 Å². The molecule has 0 bridgehead atoms. The molecule has 1 saturated heterocycles. The Kier molecular flexibility index (Phi) is 8.39. The van der Waals surface area contributed by atoms with Crippen LogP contribution in [0.2, 0.25) is 0 Å². The molecule has 1 aliphatic carbocycles. The van der Waals surface area contributed by atoms with Crippen molar-refractivity contribution in [1.82, 2.24) is 0 Å². The van der Waals surface area contributed by atoms with E-state index in [0.717, 1.165) is 31.8 Å². The third kappa shape index (κ3) is 5.70. The lowest BCUT2D eigenvalue weighted by molar-refractivity contribution is -0.0411. The first-order valence-electron chi connectivity index (χ1n) is 9.97. The molecular weight excluding hydrogens is 338 g/mol. The Labute approximate surface area is 156 Å². The summed E-state index contributed by atoms with van der Waals surface area (Å²) in [6.45, 7) is 6.40. The summed E-state index contributed by atoms with van der Waals surface area (Å²) in [6, 6.07) is 0. The van der Waals surface area contributed by atoms with Crippen molar-refractivity contribution in [3.8, 4) is 0 Å². The SMILES string of the molecule is CCC1CCC(C2CCC(CO/C(C)=C(F)/C(F)=C(\C)OC)CC2)CO1. The van der Waals surface area contributed by atoms with E-state index in [-0.39, 0.29) is 11.5 Å². The Morgan fingerprint density at radius 2 is 1.54 bits per heavy atom. The minimum Gasteiger partial charge on any atom is -0.498 e. The number of allylic oxidation sites excluding steroid dienone is 4. The standard InChI is InChI=1S/C21H34F2O3/c1-5-19-11-10-18(13-26-19)17-8-6-16(7-9-17)12-25-15(3)21(23)20(22)14(2)24-4/h16-19H,5-13H2,1-4H3/b20-14-,21-15-. The van der Waals surface area contributed by atoms with Gasteiger partial charge in [0.05, 0.1) is 26.4 Å². The van der Waals surface area contributed by atoms with E-state index in [2.05, 4.69) is 6.92 Å². The predicted molar refractivity (Wildman–Crippen MR) is 98.8 cm³/mol. The van der Waals surface area contributed by atoms with Crippen LogP contribution in [0.1, 0.15) is 65.7 Å². The molecule has 0 spiro atoms. The summed E-state index contributed by atoms with van der Waals surface area (Å²) in [7, 11) is 1.32. The molecule has 26 heavy (non-hydrogen) atoms. The minimum atomic E-state index is -0.989. The van der Waals surface area contributed by atoms with Gasteiger partial charge in [-0.1, -0.05) is 6.92 Å². The molecule has 3 nitrogen and oxygen atoms in total. The average Bonchev–Trinajstić information content (AvgIpc) is 2.70. The molecule has 0 radical (unpaired) electrons. The van der Waals surface area contributed by atoms with Crippen LogP contribution in [0, 0.1) is 17.8 Å². The van der Waals surface area contributed by atoms with Crippen LogP contribution in [-0.4, -0.2) is 26.4 Å². The van der Waals surface area contributed by atoms with Gasteiger partial charge in [0.2, 0.25) is 0 Å². The molecule has 0 aromatic heterocycles. The Morgan fingerprint density at radius 3 is 2.08 bits per heavy atom. The van der Waals surface area contributed by atoms with E-state index in [1.165, 1.54) is 46.6 Å². The van der Waals surface area contributed by atoms with Crippen LogP contribution in [0.5, 0.6) is 0 Å². The van der Waals surface area contributed by atoms with Crippen LogP contribution < -0.4 is 0 Å². The van der Waals surface area contributed by atoms with E-state index in [1.54, 1.807) is 0 Å². The molecule has 150 valence electrons. The highest BCUT2D eigenvalue weighted by Gasteiger charge is 2.31.